The third kappa shape index (κ3) is 2.89. The number of benzene rings is 1. The Morgan fingerprint density at radius 1 is 1.12 bits per heavy atom. The number of rotatable bonds is 4. The molecule has 0 N–H and O–H groups in total. The topological polar surface area (TPSA) is 53.5 Å². The first-order valence-corrected chi connectivity index (χ1v) is 8.29. The van der Waals surface area contributed by atoms with Gasteiger partial charge in [0, 0.05) is 37.7 Å². The maximum atomic E-state index is 12.9. The third-order valence-corrected chi connectivity index (χ3v) is 4.42. The monoisotopic (exact) mass is 323 g/mol. The molecule has 24 heavy (non-hydrogen) atoms. The van der Waals surface area contributed by atoms with Crippen LogP contribution in [0.3, 0.4) is 0 Å². The minimum Gasteiger partial charge on any atom is -0.339 e. The van der Waals surface area contributed by atoms with Gasteiger partial charge in [0.2, 0.25) is 0 Å². The van der Waals surface area contributed by atoms with Crippen LogP contribution in [0.25, 0.3) is 0 Å². The van der Waals surface area contributed by atoms with Crippen LogP contribution in [0.4, 0.5) is 5.69 Å². The molecule has 0 aliphatic carbocycles. The summed E-state index contributed by atoms with van der Waals surface area (Å²) in [5, 5.41) is 0. The van der Waals surface area contributed by atoms with E-state index in [9.17, 15) is 9.59 Å². The summed E-state index contributed by atoms with van der Waals surface area (Å²) in [5.74, 6) is -0.203. The lowest BCUT2D eigenvalue weighted by atomic mass is 10.1. The second kappa shape index (κ2) is 6.83. The smallest absolute Gasteiger partial charge is 0.259 e. The van der Waals surface area contributed by atoms with Crippen molar-refractivity contribution in [3.8, 4) is 0 Å². The molecule has 5 nitrogen and oxygen atoms in total. The molecule has 3 rings (SSSR count). The Kier molecular flexibility index (Phi) is 4.60. The Bertz CT molecular complexity index is 769. The Morgan fingerprint density at radius 2 is 1.83 bits per heavy atom. The van der Waals surface area contributed by atoms with Crippen molar-refractivity contribution in [3.05, 3.63) is 59.4 Å². The Hall–Kier alpha value is -2.69. The summed E-state index contributed by atoms with van der Waals surface area (Å²) in [6.45, 7) is 5.79. The Morgan fingerprint density at radius 3 is 2.58 bits per heavy atom. The highest BCUT2D eigenvalue weighted by atomic mass is 16.2. The molecule has 0 unspecified atom stereocenters. The highest BCUT2D eigenvalue weighted by Gasteiger charge is 2.26. The fourth-order valence-corrected chi connectivity index (χ4v) is 3.07. The number of hydrogen-bond donors (Lipinski definition) is 0. The highest BCUT2D eigenvalue weighted by molar-refractivity contribution is 6.08. The number of anilines is 1. The lowest BCUT2D eigenvalue weighted by molar-refractivity contribution is 0.0772. The van der Waals surface area contributed by atoms with Gasteiger partial charge in [0.05, 0.1) is 11.1 Å². The first-order chi connectivity index (χ1) is 11.7. The highest BCUT2D eigenvalue weighted by Crippen LogP contribution is 2.28. The van der Waals surface area contributed by atoms with Crippen molar-refractivity contribution >= 4 is 17.5 Å². The van der Waals surface area contributed by atoms with Gasteiger partial charge >= 0.3 is 0 Å². The predicted octanol–water partition coefficient (Wildman–Crippen LogP) is 2.77. The van der Waals surface area contributed by atoms with Crippen molar-refractivity contribution in [3.63, 3.8) is 0 Å². The van der Waals surface area contributed by atoms with Crippen LogP contribution < -0.4 is 4.90 Å². The molecule has 1 aromatic heterocycles. The predicted molar refractivity (Wildman–Crippen MR) is 93.3 cm³/mol. The van der Waals surface area contributed by atoms with E-state index in [4.69, 9.17) is 0 Å². The first kappa shape index (κ1) is 16.2. The third-order valence-electron chi connectivity index (χ3n) is 4.42. The molecule has 2 amide bonds. The number of nitrogens with zero attached hydrogens (tertiary/aromatic N) is 3. The minimum absolute atomic E-state index is 0.0935. The van der Waals surface area contributed by atoms with Gasteiger partial charge in [-0.25, -0.2) is 0 Å². The molecule has 1 aliphatic rings. The van der Waals surface area contributed by atoms with E-state index in [0.29, 0.717) is 30.8 Å². The number of pyridine rings is 1. The number of fused-ring (bicyclic) bond motifs is 1. The molecule has 2 aromatic rings. The van der Waals surface area contributed by atoms with Crippen LogP contribution in [-0.4, -0.2) is 41.3 Å². The van der Waals surface area contributed by atoms with Crippen molar-refractivity contribution in [1.29, 1.82) is 0 Å². The lowest BCUT2D eigenvalue weighted by Crippen LogP contribution is -2.32. The Labute approximate surface area is 141 Å². The summed E-state index contributed by atoms with van der Waals surface area (Å²) >= 11 is 0. The normalized spacial score (nSPS) is 12.8. The molecular weight excluding hydrogens is 302 g/mol. The van der Waals surface area contributed by atoms with E-state index in [1.54, 1.807) is 15.9 Å². The SMILES string of the molecule is CCN(CC)C(=O)c1cncc(C(=O)N2CCc3ccccc32)c1. The molecular formula is C19H21N3O2. The molecule has 0 fully saturated rings. The molecule has 0 atom stereocenters. The van der Waals surface area contributed by atoms with Crippen molar-refractivity contribution in [2.24, 2.45) is 0 Å². The molecule has 5 heteroatoms. The van der Waals surface area contributed by atoms with Crippen LogP contribution in [0.5, 0.6) is 0 Å². The van der Waals surface area contributed by atoms with Gasteiger partial charge in [-0.05, 0) is 38.0 Å². The van der Waals surface area contributed by atoms with E-state index >= 15 is 0 Å². The molecule has 1 aliphatic heterocycles. The average molecular weight is 323 g/mol. The van der Waals surface area contributed by atoms with E-state index < -0.39 is 0 Å². The van der Waals surface area contributed by atoms with Crippen molar-refractivity contribution in [1.82, 2.24) is 9.88 Å². The van der Waals surface area contributed by atoms with E-state index in [0.717, 1.165) is 12.1 Å². The fourth-order valence-electron chi connectivity index (χ4n) is 3.07. The van der Waals surface area contributed by atoms with Crippen molar-refractivity contribution in [2.75, 3.05) is 24.5 Å². The first-order valence-electron chi connectivity index (χ1n) is 8.29. The van der Waals surface area contributed by atoms with E-state index in [1.165, 1.54) is 18.0 Å². The van der Waals surface area contributed by atoms with Crippen LogP contribution in [-0.2, 0) is 6.42 Å². The van der Waals surface area contributed by atoms with Crippen LogP contribution >= 0.6 is 0 Å². The molecule has 1 aromatic carbocycles. The van der Waals surface area contributed by atoms with Gasteiger partial charge in [-0.3, -0.25) is 14.6 Å². The second-order valence-corrected chi connectivity index (χ2v) is 5.78. The fraction of sp³-hybridized carbons (Fsp3) is 0.316. The summed E-state index contributed by atoms with van der Waals surface area (Å²) in [6.07, 6.45) is 3.91. The maximum Gasteiger partial charge on any atom is 0.259 e. The second-order valence-electron chi connectivity index (χ2n) is 5.78. The van der Waals surface area contributed by atoms with Crippen LogP contribution in [0, 0.1) is 0 Å². The summed E-state index contributed by atoms with van der Waals surface area (Å²) in [5.41, 5.74) is 3.03. The van der Waals surface area contributed by atoms with Crippen molar-refractivity contribution < 1.29 is 9.59 Å². The summed E-state index contributed by atoms with van der Waals surface area (Å²) in [4.78, 5) is 32.9. The van der Waals surface area contributed by atoms with E-state index in [-0.39, 0.29) is 11.8 Å². The van der Waals surface area contributed by atoms with E-state index in [2.05, 4.69) is 4.98 Å². The zero-order chi connectivity index (χ0) is 17.1. The Balaban J connectivity index is 1.87. The van der Waals surface area contributed by atoms with Gasteiger partial charge < -0.3 is 9.80 Å². The van der Waals surface area contributed by atoms with Gasteiger partial charge in [0.25, 0.3) is 11.8 Å². The molecule has 0 saturated carbocycles. The summed E-state index contributed by atoms with van der Waals surface area (Å²) < 4.78 is 0. The van der Waals surface area contributed by atoms with Crippen LogP contribution in [0.1, 0.15) is 40.1 Å². The molecule has 124 valence electrons. The van der Waals surface area contributed by atoms with Gasteiger partial charge in [-0.15, -0.1) is 0 Å². The zero-order valence-electron chi connectivity index (χ0n) is 14.0. The molecule has 0 radical (unpaired) electrons. The summed E-state index contributed by atoms with van der Waals surface area (Å²) in [6, 6.07) is 9.57. The minimum atomic E-state index is -0.110. The van der Waals surface area contributed by atoms with Gasteiger partial charge in [-0.2, -0.15) is 0 Å². The van der Waals surface area contributed by atoms with Crippen molar-refractivity contribution in [2.45, 2.75) is 20.3 Å². The van der Waals surface area contributed by atoms with Gasteiger partial charge in [0.15, 0.2) is 0 Å². The largest absolute Gasteiger partial charge is 0.339 e. The van der Waals surface area contributed by atoms with Crippen LogP contribution in [0.15, 0.2) is 42.7 Å². The number of amides is 2. The summed E-state index contributed by atoms with van der Waals surface area (Å²) in [7, 11) is 0. The zero-order valence-corrected chi connectivity index (χ0v) is 14.0. The molecule has 0 bridgehead atoms. The number of para-hydroxylation sites is 1. The maximum absolute atomic E-state index is 12.9. The quantitative estimate of drug-likeness (QED) is 0.869. The van der Waals surface area contributed by atoms with Crippen LogP contribution in [0.2, 0.25) is 0 Å². The number of hydrogen-bond acceptors (Lipinski definition) is 3. The number of carbonyl (C=O) groups is 2. The molecule has 0 spiro atoms. The number of aromatic nitrogens is 1. The van der Waals surface area contributed by atoms with Gasteiger partial charge in [0.1, 0.15) is 0 Å². The molecule has 0 saturated heterocycles. The average Bonchev–Trinajstić information content (AvgIpc) is 3.06. The van der Waals surface area contributed by atoms with E-state index in [1.807, 2.05) is 38.1 Å². The lowest BCUT2D eigenvalue weighted by Gasteiger charge is -2.20. The van der Waals surface area contributed by atoms with Gasteiger partial charge in [-0.1, -0.05) is 18.2 Å². The molecule has 2 heterocycles. The number of carbonyl (C=O) groups excluding carboxylic acids is 2. The standard InChI is InChI=1S/C19H21N3O2/c1-3-21(4-2)18(23)15-11-16(13-20-12-15)19(24)22-10-9-14-7-5-6-8-17(14)22/h5-8,11-13H,3-4,9-10H2,1-2H3.